The van der Waals surface area contributed by atoms with Gasteiger partial charge in [0.15, 0.2) is 6.79 Å². The minimum Gasteiger partial charge on any atom is -0.265 e. The van der Waals surface area contributed by atoms with Gasteiger partial charge >= 0.3 is 24.3 Å². The van der Waals surface area contributed by atoms with Crippen molar-refractivity contribution in [3.05, 3.63) is 24.0 Å². The summed E-state index contributed by atoms with van der Waals surface area (Å²) in [6.45, 7) is -1.03. The lowest BCUT2D eigenvalue weighted by atomic mass is 10.3. The van der Waals surface area contributed by atoms with Crippen LogP contribution in [0.1, 0.15) is 0 Å². The Morgan fingerprint density at radius 2 is 1.95 bits per heavy atom. The van der Waals surface area contributed by atoms with E-state index in [2.05, 4.69) is 8.71 Å². The van der Waals surface area contributed by atoms with Crippen LogP contribution in [-0.4, -0.2) is 20.7 Å². The molecule has 1 aromatic rings. The van der Waals surface area contributed by atoms with E-state index < -0.39 is 58.5 Å². The van der Waals surface area contributed by atoms with Crippen molar-refractivity contribution in [1.82, 2.24) is 0 Å². The second kappa shape index (κ2) is 6.81. The number of hydrogen-bond donors (Lipinski definition) is 0. The molecule has 0 saturated carbocycles. The van der Waals surface area contributed by atoms with Gasteiger partial charge in [-0.25, -0.2) is 13.1 Å². The molecule has 0 fully saturated rings. The van der Waals surface area contributed by atoms with Crippen LogP contribution in [0.5, 0.6) is 0 Å². The molecule has 112 valence electrons. The number of thioether (sulfide) groups is 1. The quantitative estimate of drug-likeness (QED) is 0.195. The van der Waals surface area contributed by atoms with Crippen molar-refractivity contribution in [1.29, 1.82) is 0 Å². The van der Waals surface area contributed by atoms with E-state index in [1.165, 1.54) is 0 Å². The molecule has 0 aliphatic carbocycles. The van der Waals surface area contributed by atoms with Crippen LogP contribution in [0, 0.1) is 5.82 Å². The van der Waals surface area contributed by atoms with Gasteiger partial charge in [-0.1, -0.05) is 6.07 Å². The Morgan fingerprint density at radius 1 is 1.30 bits per heavy atom. The molecule has 0 N–H and O–H groups in total. The Labute approximate surface area is 116 Å². The third kappa shape index (κ3) is 4.98. The van der Waals surface area contributed by atoms with Crippen LogP contribution in [-0.2, 0) is 23.4 Å². The number of halogens is 4. The van der Waals surface area contributed by atoms with E-state index in [0.717, 1.165) is 12.1 Å². The smallest absolute Gasteiger partial charge is 0.265 e. The highest BCUT2D eigenvalue weighted by Crippen LogP contribution is 2.41. The Kier molecular flexibility index (Phi) is 5.90. The summed E-state index contributed by atoms with van der Waals surface area (Å²) in [6.07, 6.45) is 0. The highest BCUT2D eigenvalue weighted by molar-refractivity contribution is 8.00. The van der Waals surface area contributed by atoms with Crippen LogP contribution in [0.3, 0.4) is 0 Å². The van der Waals surface area contributed by atoms with E-state index in [1.54, 1.807) is 0 Å². The maximum atomic E-state index is 13.5. The normalized spacial score (nSPS) is 12.8. The fourth-order valence-electron chi connectivity index (χ4n) is 1.10. The zero-order valence-corrected chi connectivity index (χ0v) is 11.8. The molecule has 0 radical (unpaired) electrons. The van der Waals surface area contributed by atoms with Crippen LogP contribution >= 0.6 is 20.4 Å². The summed E-state index contributed by atoms with van der Waals surface area (Å²) < 4.78 is 91.6. The Bertz CT molecular complexity index is 589. The van der Waals surface area contributed by atoms with E-state index >= 15 is 0 Å². The van der Waals surface area contributed by atoms with Crippen LogP contribution in [0.25, 0.3) is 0 Å². The first-order chi connectivity index (χ1) is 9.17. The largest absolute Gasteiger partial charge is 0.446 e. The van der Waals surface area contributed by atoms with Gasteiger partial charge in [-0.15, -0.1) is 0 Å². The average Bonchev–Trinajstić information content (AvgIpc) is 2.26. The van der Waals surface area contributed by atoms with Gasteiger partial charge in [-0.2, -0.15) is 21.6 Å². The highest BCUT2D eigenvalue weighted by atomic mass is 32.2. The summed E-state index contributed by atoms with van der Waals surface area (Å²) in [4.78, 5) is -2.13. The molecular weight excluding hydrogens is 347 g/mol. The summed E-state index contributed by atoms with van der Waals surface area (Å²) in [5.41, 5.74) is -4.80. The lowest BCUT2D eigenvalue weighted by Crippen LogP contribution is -2.12. The lowest BCUT2D eigenvalue weighted by molar-refractivity contribution is -0.0329. The summed E-state index contributed by atoms with van der Waals surface area (Å²) in [6, 6.07) is 2.38. The molecule has 0 spiro atoms. The maximum absolute atomic E-state index is 13.5. The molecule has 1 aromatic carbocycles. The molecule has 0 atom stereocenters. The lowest BCUT2D eigenvalue weighted by Gasteiger charge is -2.11. The molecule has 0 bridgehead atoms. The fourth-order valence-corrected chi connectivity index (χ4v) is 3.20. The van der Waals surface area contributed by atoms with E-state index in [9.17, 15) is 30.5 Å². The van der Waals surface area contributed by atoms with Crippen LogP contribution in [0.4, 0.5) is 17.6 Å². The summed E-state index contributed by atoms with van der Waals surface area (Å²) in [7, 11) is -5.73. The van der Waals surface area contributed by atoms with Crippen molar-refractivity contribution < 1.29 is 39.3 Å². The Morgan fingerprint density at radius 3 is 2.50 bits per heavy atom. The summed E-state index contributed by atoms with van der Waals surface area (Å²) in [5.74, 6) is -1.40. The third-order valence-corrected chi connectivity index (χ3v) is 4.17. The fraction of sp³-hybridized carbons (Fsp3) is 0.250. The minimum atomic E-state index is -4.83. The molecule has 0 aromatic heterocycles. The van der Waals surface area contributed by atoms with Crippen molar-refractivity contribution in [3.63, 3.8) is 0 Å². The van der Waals surface area contributed by atoms with E-state index in [4.69, 9.17) is 0 Å². The third-order valence-electron chi connectivity index (χ3n) is 1.72. The summed E-state index contributed by atoms with van der Waals surface area (Å²) in [5, 5.41) is 0. The topological polar surface area (TPSA) is 69.7 Å². The minimum absolute atomic E-state index is 0.670. The molecule has 0 unspecified atom stereocenters. The molecular formula is C8H5F4O5PS2. The average molecular weight is 352 g/mol. The van der Waals surface area contributed by atoms with Gasteiger partial charge in [0.25, 0.3) is 0 Å². The molecule has 0 heterocycles. The van der Waals surface area contributed by atoms with Crippen molar-refractivity contribution in [2.45, 2.75) is 15.3 Å². The predicted octanol–water partition coefficient (Wildman–Crippen LogP) is 3.32. The van der Waals surface area contributed by atoms with Crippen molar-refractivity contribution in [2.24, 2.45) is 0 Å². The zero-order valence-electron chi connectivity index (χ0n) is 9.26. The second-order valence-corrected chi connectivity index (χ2v) is 6.07. The molecule has 5 nitrogen and oxygen atoms in total. The van der Waals surface area contributed by atoms with Gasteiger partial charge in [0.1, 0.15) is 10.7 Å². The van der Waals surface area contributed by atoms with Crippen LogP contribution < -0.4 is 0 Å². The zero-order chi connectivity index (χ0) is 15.4. The first-order valence-corrected chi connectivity index (χ1v) is 7.51. The molecule has 20 heavy (non-hydrogen) atoms. The van der Waals surface area contributed by atoms with Gasteiger partial charge in [0.05, 0.1) is 0 Å². The van der Waals surface area contributed by atoms with Gasteiger partial charge in [0, 0.05) is 4.90 Å². The van der Waals surface area contributed by atoms with E-state index in [1.807, 2.05) is 0 Å². The number of alkyl halides is 3. The SMILES string of the molecule is O=POCOS(=O)(=O)c1c(F)cccc1SC(F)(F)F. The van der Waals surface area contributed by atoms with Crippen LogP contribution in [0.15, 0.2) is 28.0 Å². The van der Waals surface area contributed by atoms with Gasteiger partial charge in [-0.3, -0.25) is 4.52 Å². The van der Waals surface area contributed by atoms with Gasteiger partial charge in [-0.05, 0) is 23.9 Å². The highest BCUT2D eigenvalue weighted by Gasteiger charge is 2.34. The van der Waals surface area contributed by atoms with E-state index in [0.29, 0.717) is 6.07 Å². The molecule has 1 rings (SSSR count). The van der Waals surface area contributed by atoms with Crippen molar-refractivity contribution >= 4 is 30.6 Å². The first-order valence-electron chi connectivity index (χ1n) is 4.55. The Balaban J connectivity index is 3.18. The van der Waals surface area contributed by atoms with Crippen molar-refractivity contribution in [2.75, 3.05) is 6.79 Å². The predicted molar refractivity (Wildman–Crippen MR) is 60.1 cm³/mol. The molecule has 0 aliphatic heterocycles. The number of benzene rings is 1. The Hall–Kier alpha value is -0.740. The molecule has 12 heteroatoms. The molecule has 0 aliphatic rings. The maximum Gasteiger partial charge on any atom is 0.446 e. The number of hydrogen-bond acceptors (Lipinski definition) is 6. The van der Waals surface area contributed by atoms with Crippen molar-refractivity contribution in [3.8, 4) is 0 Å². The second-order valence-electron chi connectivity index (χ2n) is 3.01. The van der Waals surface area contributed by atoms with Gasteiger partial charge in [0.2, 0.25) is 0 Å². The standard InChI is InChI=1S/C8H5F4O5PS2/c9-5-2-1-3-6(19-8(10,11)12)7(5)20(14,15)17-4-16-18-13/h1-3H,4H2. The molecule has 0 amide bonds. The monoisotopic (exact) mass is 352 g/mol. The molecule has 0 saturated heterocycles. The first kappa shape index (κ1) is 17.3. The van der Waals surface area contributed by atoms with E-state index in [-0.39, 0.29) is 0 Å². The van der Waals surface area contributed by atoms with Gasteiger partial charge < -0.3 is 0 Å². The van der Waals surface area contributed by atoms with Crippen LogP contribution in [0.2, 0.25) is 0 Å². The summed E-state index contributed by atoms with van der Waals surface area (Å²) >= 11 is -0.796. The number of rotatable bonds is 6.